The van der Waals surface area contributed by atoms with Crippen molar-refractivity contribution in [2.24, 2.45) is 17.2 Å². The van der Waals surface area contributed by atoms with Gasteiger partial charge in [0.1, 0.15) is 0 Å². The average Bonchev–Trinajstić information content (AvgIpc) is 1.86. The molecule has 0 aliphatic carbocycles. The molecule has 0 aromatic carbocycles. The lowest BCUT2D eigenvalue weighted by atomic mass is 9.79. The summed E-state index contributed by atoms with van der Waals surface area (Å²) >= 11 is 0. The number of rotatable bonds is 4. The molecule has 0 saturated carbocycles. The van der Waals surface area contributed by atoms with Gasteiger partial charge < -0.3 is 4.84 Å². The normalized spacial score (nSPS) is 15.3. The zero-order valence-corrected chi connectivity index (χ0v) is 7.48. The highest BCUT2D eigenvalue weighted by atomic mass is 16.6. The van der Waals surface area contributed by atoms with Gasteiger partial charge in [-0.2, -0.15) is 0 Å². The van der Waals surface area contributed by atoms with Crippen molar-refractivity contribution in [1.29, 1.82) is 0 Å². The van der Waals surface area contributed by atoms with E-state index in [-0.39, 0.29) is 5.41 Å². The van der Waals surface area contributed by atoms with E-state index in [0.29, 0.717) is 12.5 Å². The molecule has 0 rings (SSSR count). The van der Waals surface area contributed by atoms with Crippen molar-refractivity contribution in [1.82, 2.24) is 0 Å². The largest absolute Gasteiger partial charge is 0.304 e. The van der Waals surface area contributed by atoms with E-state index >= 15 is 0 Å². The molecule has 1 atom stereocenters. The van der Waals surface area contributed by atoms with Crippen LogP contribution in [0, 0.1) is 11.3 Å². The fraction of sp³-hybridized carbons (Fsp3) is 1.00. The second-order valence-electron chi connectivity index (χ2n) is 3.61. The van der Waals surface area contributed by atoms with Gasteiger partial charge in [0, 0.05) is 0 Å². The molecule has 1 unspecified atom stereocenters. The predicted octanol–water partition coefficient (Wildman–Crippen LogP) is 1.95. The summed E-state index contributed by atoms with van der Waals surface area (Å²) in [6, 6.07) is 0. The van der Waals surface area contributed by atoms with Crippen LogP contribution in [0.1, 0.15) is 34.1 Å². The molecule has 0 amide bonds. The second kappa shape index (κ2) is 3.94. The van der Waals surface area contributed by atoms with Crippen LogP contribution in [0.4, 0.5) is 0 Å². The summed E-state index contributed by atoms with van der Waals surface area (Å²) in [7, 11) is 0. The molecule has 0 aromatic rings. The minimum atomic E-state index is 0.212. The quantitative estimate of drug-likeness (QED) is 0.614. The van der Waals surface area contributed by atoms with Crippen LogP contribution < -0.4 is 5.90 Å². The van der Waals surface area contributed by atoms with Crippen molar-refractivity contribution in [2.75, 3.05) is 6.61 Å². The van der Waals surface area contributed by atoms with E-state index < -0.39 is 0 Å². The Kier molecular flexibility index (Phi) is 3.91. The predicted molar refractivity (Wildman–Crippen MR) is 43.4 cm³/mol. The summed E-state index contributed by atoms with van der Waals surface area (Å²) in [5, 5.41) is 0. The SMILES string of the molecule is CCC(C)C(C)(C)CON. The Morgan fingerprint density at radius 3 is 2.30 bits per heavy atom. The highest BCUT2D eigenvalue weighted by Gasteiger charge is 2.24. The Hall–Kier alpha value is -0.0800. The highest BCUT2D eigenvalue weighted by Crippen LogP contribution is 2.28. The molecule has 2 heteroatoms. The van der Waals surface area contributed by atoms with E-state index in [1.54, 1.807) is 0 Å². The molecular weight excluding hydrogens is 126 g/mol. The maximum absolute atomic E-state index is 5.01. The summed E-state index contributed by atoms with van der Waals surface area (Å²) < 4.78 is 0. The first kappa shape index (κ1) is 9.92. The third kappa shape index (κ3) is 2.67. The van der Waals surface area contributed by atoms with Gasteiger partial charge in [0.05, 0.1) is 6.61 Å². The monoisotopic (exact) mass is 145 g/mol. The van der Waals surface area contributed by atoms with Gasteiger partial charge in [0.25, 0.3) is 0 Å². The Labute approximate surface area is 63.7 Å². The molecule has 0 saturated heterocycles. The van der Waals surface area contributed by atoms with Gasteiger partial charge in [-0.05, 0) is 11.3 Å². The topological polar surface area (TPSA) is 35.2 Å². The second-order valence-corrected chi connectivity index (χ2v) is 3.61. The van der Waals surface area contributed by atoms with Crippen molar-refractivity contribution in [3.8, 4) is 0 Å². The summed E-state index contributed by atoms with van der Waals surface area (Å²) in [4.78, 5) is 4.63. The van der Waals surface area contributed by atoms with Gasteiger partial charge in [0.2, 0.25) is 0 Å². The maximum atomic E-state index is 5.01. The molecule has 0 heterocycles. The van der Waals surface area contributed by atoms with Gasteiger partial charge in [-0.3, -0.25) is 0 Å². The summed E-state index contributed by atoms with van der Waals surface area (Å²) in [6.45, 7) is 9.39. The molecule has 0 aromatic heterocycles. The Bertz CT molecular complexity index is 91.3. The first-order chi connectivity index (χ1) is 4.54. The van der Waals surface area contributed by atoms with Gasteiger partial charge in [0.15, 0.2) is 0 Å². The molecule has 0 aliphatic rings. The maximum Gasteiger partial charge on any atom is 0.0732 e. The van der Waals surface area contributed by atoms with Gasteiger partial charge in [-0.25, -0.2) is 5.90 Å². The molecule has 0 spiro atoms. The molecule has 2 nitrogen and oxygen atoms in total. The van der Waals surface area contributed by atoms with Crippen LogP contribution in [0.5, 0.6) is 0 Å². The average molecular weight is 145 g/mol. The molecule has 0 fully saturated rings. The third-order valence-corrected chi connectivity index (χ3v) is 2.40. The zero-order valence-electron chi connectivity index (χ0n) is 7.48. The highest BCUT2D eigenvalue weighted by molar-refractivity contribution is 4.73. The lowest BCUT2D eigenvalue weighted by molar-refractivity contribution is 0.0317. The molecule has 0 bridgehead atoms. The van der Waals surface area contributed by atoms with Crippen LogP contribution in [0.2, 0.25) is 0 Å². The number of nitrogens with two attached hydrogens (primary N) is 1. The molecule has 62 valence electrons. The summed E-state index contributed by atoms with van der Waals surface area (Å²) in [5.41, 5.74) is 0.212. The lowest BCUT2D eigenvalue weighted by Crippen LogP contribution is -2.28. The Morgan fingerprint density at radius 1 is 1.50 bits per heavy atom. The Balaban J connectivity index is 3.82. The van der Waals surface area contributed by atoms with E-state index in [4.69, 9.17) is 5.90 Å². The minimum absolute atomic E-state index is 0.212. The van der Waals surface area contributed by atoms with Gasteiger partial charge in [-0.1, -0.05) is 34.1 Å². The smallest absolute Gasteiger partial charge is 0.0732 e. The number of hydrogen-bond donors (Lipinski definition) is 1. The third-order valence-electron chi connectivity index (χ3n) is 2.40. The zero-order chi connectivity index (χ0) is 8.20. The van der Waals surface area contributed by atoms with E-state index in [9.17, 15) is 0 Å². The first-order valence-electron chi connectivity index (χ1n) is 3.86. The van der Waals surface area contributed by atoms with E-state index in [1.165, 1.54) is 6.42 Å². The van der Waals surface area contributed by atoms with Crippen molar-refractivity contribution in [3.63, 3.8) is 0 Å². The molecular formula is C8H19NO. The summed E-state index contributed by atoms with van der Waals surface area (Å²) in [6.07, 6.45) is 1.18. The summed E-state index contributed by atoms with van der Waals surface area (Å²) in [5.74, 6) is 5.67. The Morgan fingerprint density at radius 2 is 2.00 bits per heavy atom. The van der Waals surface area contributed by atoms with Crippen LogP contribution in [0.25, 0.3) is 0 Å². The first-order valence-corrected chi connectivity index (χ1v) is 3.86. The fourth-order valence-electron chi connectivity index (χ4n) is 0.910. The molecule has 2 N–H and O–H groups in total. The van der Waals surface area contributed by atoms with Crippen LogP contribution in [0.15, 0.2) is 0 Å². The lowest BCUT2D eigenvalue weighted by Gasteiger charge is -2.29. The van der Waals surface area contributed by atoms with E-state index in [1.807, 2.05) is 0 Å². The van der Waals surface area contributed by atoms with Crippen molar-refractivity contribution in [3.05, 3.63) is 0 Å². The molecule has 0 radical (unpaired) electrons. The van der Waals surface area contributed by atoms with Crippen LogP contribution in [-0.4, -0.2) is 6.61 Å². The van der Waals surface area contributed by atoms with E-state index in [2.05, 4.69) is 32.5 Å². The fourth-order valence-corrected chi connectivity index (χ4v) is 0.910. The molecule has 0 aliphatic heterocycles. The van der Waals surface area contributed by atoms with E-state index in [0.717, 1.165) is 0 Å². The number of hydrogen-bond acceptors (Lipinski definition) is 2. The van der Waals surface area contributed by atoms with Crippen LogP contribution in [0.3, 0.4) is 0 Å². The van der Waals surface area contributed by atoms with Crippen molar-refractivity contribution in [2.45, 2.75) is 34.1 Å². The van der Waals surface area contributed by atoms with Crippen LogP contribution >= 0.6 is 0 Å². The van der Waals surface area contributed by atoms with Gasteiger partial charge >= 0.3 is 0 Å². The van der Waals surface area contributed by atoms with Crippen molar-refractivity contribution < 1.29 is 4.84 Å². The standard InChI is InChI=1S/C8H19NO/c1-5-7(2)8(3,4)6-10-9/h7H,5-6,9H2,1-4H3. The van der Waals surface area contributed by atoms with Crippen molar-refractivity contribution >= 4 is 0 Å². The minimum Gasteiger partial charge on any atom is -0.304 e. The van der Waals surface area contributed by atoms with Gasteiger partial charge in [-0.15, -0.1) is 0 Å². The molecule has 10 heavy (non-hydrogen) atoms. The van der Waals surface area contributed by atoms with Crippen LogP contribution in [-0.2, 0) is 4.84 Å².